The van der Waals surface area contributed by atoms with Crippen molar-refractivity contribution in [3.8, 4) is 0 Å². The first-order valence-corrected chi connectivity index (χ1v) is 7.82. The standard InChI is InChI=1S/C14H17N3O3S/c15-12-8-11(21(16,19)20)6-7-13(12)17-9-14(18)10-4-2-1-3-5-10/h1-8,14,17-18H,9,15H2,(H2,16,19,20). The molecular formula is C14H17N3O3S. The summed E-state index contributed by atoms with van der Waals surface area (Å²) < 4.78 is 22.4. The van der Waals surface area contributed by atoms with Gasteiger partial charge in [0.25, 0.3) is 0 Å². The average molecular weight is 307 g/mol. The number of nitrogen functional groups attached to an aromatic ring is 1. The minimum absolute atomic E-state index is 0.0471. The quantitative estimate of drug-likeness (QED) is 0.616. The number of rotatable bonds is 5. The molecule has 6 nitrogen and oxygen atoms in total. The summed E-state index contributed by atoms with van der Waals surface area (Å²) >= 11 is 0. The van der Waals surface area contributed by atoms with Gasteiger partial charge in [-0.3, -0.25) is 0 Å². The monoisotopic (exact) mass is 307 g/mol. The van der Waals surface area contributed by atoms with Gasteiger partial charge in [0.2, 0.25) is 10.0 Å². The fourth-order valence-electron chi connectivity index (χ4n) is 1.88. The number of anilines is 2. The lowest BCUT2D eigenvalue weighted by Gasteiger charge is -2.15. The first-order valence-electron chi connectivity index (χ1n) is 6.27. The van der Waals surface area contributed by atoms with Gasteiger partial charge in [-0.05, 0) is 23.8 Å². The fraction of sp³-hybridized carbons (Fsp3) is 0.143. The van der Waals surface area contributed by atoms with Gasteiger partial charge in [-0.15, -0.1) is 0 Å². The first-order chi connectivity index (χ1) is 9.88. The summed E-state index contributed by atoms with van der Waals surface area (Å²) in [6.45, 7) is 0.253. The predicted molar refractivity (Wildman–Crippen MR) is 82.1 cm³/mol. The lowest BCUT2D eigenvalue weighted by molar-refractivity contribution is 0.191. The van der Waals surface area contributed by atoms with Crippen molar-refractivity contribution in [3.63, 3.8) is 0 Å². The van der Waals surface area contributed by atoms with Crippen LogP contribution in [0.25, 0.3) is 0 Å². The highest BCUT2D eigenvalue weighted by Gasteiger charge is 2.11. The molecule has 0 fully saturated rings. The zero-order chi connectivity index (χ0) is 15.5. The van der Waals surface area contributed by atoms with Gasteiger partial charge in [-0.1, -0.05) is 30.3 Å². The Kier molecular flexibility index (Phi) is 4.46. The highest BCUT2D eigenvalue weighted by atomic mass is 32.2. The van der Waals surface area contributed by atoms with Crippen LogP contribution in [0.1, 0.15) is 11.7 Å². The second-order valence-corrected chi connectivity index (χ2v) is 6.16. The Balaban J connectivity index is 2.07. The lowest BCUT2D eigenvalue weighted by atomic mass is 10.1. The average Bonchev–Trinajstić information content (AvgIpc) is 2.45. The number of nitrogens with one attached hydrogen (secondary N) is 1. The Morgan fingerprint density at radius 2 is 1.81 bits per heavy atom. The molecule has 2 aromatic carbocycles. The fourth-order valence-corrected chi connectivity index (χ4v) is 2.43. The molecule has 7 heteroatoms. The number of hydrogen-bond acceptors (Lipinski definition) is 5. The summed E-state index contributed by atoms with van der Waals surface area (Å²) in [6, 6.07) is 13.4. The Morgan fingerprint density at radius 1 is 1.14 bits per heavy atom. The molecule has 1 atom stereocenters. The predicted octanol–water partition coefficient (Wildman–Crippen LogP) is 1.06. The van der Waals surface area contributed by atoms with Gasteiger partial charge in [-0.25, -0.2) is 13.6 Å². The van der Waals surface area contributed by atoms with Crippen LogP contribution < -0.4 is 16.2 Å². The Labute approximate surface area is 123 Å². The van der Waals surface area contributed by atoms with Crippen molar-refractivity contribution in [1.29, 1.82) is 0 Å². The largest absolute Gasteiger partial charge is 0.397 e. The van der Waals surface area contributed by atoms with Crippen molar-refractivity contribution in [2.45, 2.75) is 11.0 Å². The van der Waals surface area contributed by atoms with Crippen LogP contribution in [0.5, 0.6) is 0 Å². The molecule has 6 N–H and O–H groups in total. The van der Waals surface area contributed by atoms with Crippen LogP contribution in [-0.2, 0) is 10.0 Å². The molecule has 0 aliphatic carbocycles. The van der Waals surface area contributed by atoms with Gasteiger partial charge >= 0.3 is 0 Å². The summed E-state index contributed by atoms with van der Waals surface area (Å²) in [6.07, 6.45) is -0.691. The van der Waals surface area contributed by atoms with Crippen molar-refractivity contribution >= 4 is 21.4 Å². The number of hydrogen-bond donors (Lipinski definition) is 4. The molecule has 2 rings (SSSR count). The zero-order valence-electron chi connectivity index (χ0n) is 11.2. The van der Waals surface area contributed by atoms with E-state index in [4.69, 9.17) is 10.9 Å². The highest BCUT2D eigenvalue weighted by Crippen LogP contribution is 2.23. The summed E-state index contributed by atoms with van der Waals surface area (Å²) in [4.78, 5) is -0.0471. The summed E-state index contributed by atoms with van der Waals surface area (Å²) in [5.74, 6) is 0. The molecule has 0 aromatic heterocycles. The maximum absolute atomic E-state index is 11.2. The van der Waals surface area contributed by atoms with Crippen molar-refractivity contribution in [2.75, 3.05) is 17.6 Å². The highest BCUT2D eigenvalue weighted by molar-refractivity contribution is 7.89. The molecule has 0 spiro atoms. The molecule has 0 aliphatic heterocycles. The first kappa shape index (κ1) is 15.3. The van der Waals surface area contributed by atoms with E-state index in [1.165, 1.54) is 18.2 Å². The van der Waals surface area contributed by atoms with E-state index >= 15 is 0 Å². The molecule has 0 saturated heterocycles. The van der Waals surface area contributed by atoms with Crippen LogP contribution in [-0.4, -0.2) is 20.1 Å². The van der Waals surface area contributed by atoms with Gasteiger partial charge in [-0.2, -0.15) is 0 Å². The molecule has 2 aromatic rings. The van der Waals surface area contributed by atoms with E-state index in [0.717, 1.165) is 5.56 Å². The number of aliphatic hydroxyl groups is 1. The van der Waals surface area contributed by atoms with Crippen LogP contribution >= 0.6 is 0 Å². The number of nitrogens with two attached hydrogens (primary N) is 2. The molecule has 0 radical (unpaired) electrons. The normalized spacial score (nSPS) is 12.9. The summed E-state index contributed by atoms with van der Waals surface area (Å²) in [5, 5.41) is 18.0. The maximum atomic E-state index is 11.2. The number of aliphatic hydroxyl groups excluding tert-OH is 1. The Bertz CT molecular complexity index is 717. The van der Waals surface area contributed by atoms with Crippen molar-refractivity contribution in [3.05, 3.63) is 54.1 Å². The van der Waals surface area contributed by atoms with Crippen LogP contribution in [0.2, 0.25) is 0 Å². The molecule has 0 heterocycles. The van der Waals surface area contributed by atoms with Gasteiger partial charge in [0.15, 0.2) is 0 Å². The second kappa shape index (κ2) is 6.13. The van der Waals surface area contributed by atoms with Crippen molar-refractivity contribution in [1.82, 2.24) is 0 Å². The third-order valence-electron chi connectivity index (χ3n) is 3.02. The molecule has 0 bridgehead atoms. The number of primary sulfonamides is 1. The second-order valence-electron chi connectivity index (χ2n) is 4.60. The lowest BCUT2D eigenvalue weighted by Crippen LogP contribution is -2.15. The van der Waals surface area contributed by atoms with E-state index < -0.39 is 16.1 Å². The van der Waals surface area contributed by atoms with Gasteiger partial charge in [0, 0.05) is 6.54 Å². The summed E-state index contributed by atoms with van der Waals surface area (Å²) in [7, 11) is -3.77. The smallest absolute Gasteiger partial charge is 0.238 e. The number of sulfonamides is 1. The molecule has 0 amide bonds. The summed E-state index contributed by atoms with van der Waals surface area (Å²) in [5.41, 5.74) is 7.35. The van der Waals surface area contributed by atoms with Crippen LogP contribution in [0.15, 0.2) is 53.4 Å². The van der Waals surface area contributed by atoms with E-state index in [-0.39, 0.29) is 17.1 Å². The van der Waals surface area contributed by atoms with Crippen LogP contribution in [0.3, 0.4) is 0 Å². The van der Waals surface area contributed by atoms with E-state index in [1.807, 2.05) is 30.3 Å². The van der Waals surface area contributed by atoms with Gasteiger partial charge in [0.1, 0.15) is 0 Å². The van der Waals surface area contributed by atoms with Crippen molar-refractivity contribution in [2.24, 2.45) is 5.14 Å². The molecule has 21 heavy (non-hydrogen) atoms. The minimum Gasteiger partial charge on any atom is -0.397 e. The molecule has 0 saturated carbocycles. The molecular weight excluding hydrogens is 290 g/mol. The van der Waals surface area contributed by atoms with E-state index in [1.54, 1.807) is 0 Å². The van der Waals surface area contributed by atoms with Crippen LogP contribution in [0, 0.1) is 0 Å². The van der Waals surface area contributed by atoms with Gasteiger partial charge < -0.3 is 16.2 Å². The zero-order valence-corrected chi connectivity index (χ0v) is 12.0. The molecule has 1 unspecified atom stereocenters. The third-order valence-corrected chi connectivity index (χ3v) is 3.93. The van der Waals surface area contributed by atoms with E-state index in [2.05, 4.69) is 5.32 Å². The Hall–Kier alpha value is -2.09. The van der Waals surface area contributed by atoms with E-state index in [0.29, 0.717) is 5.69 Å². The van der Waals surface area contributed by atoms with Crippen molar-refractivity contribution < 1.29 is 13.5 Å². The van der Waals surface area contributed by atoms with Crippen LogP contribution in [0.4, 0.5) is 11.4 Å². The third kappa shape index (κ3) is 3.94. The maximum Gasteiger partial charge on any atom is 0.238 e. The SMILES string of the molecule is Nc1cc(S(N)(=O)=O)ccc1NCC(O)c1ccccc1. The minimum atomic E-state index is -3.77. The molecule has 112 valence electrons. The molecule has 0 aliphatic rings. The van der Waals surface area contributed by atoms with Gasteiger partial charge in [0.05, 0.1) is 22.4 Å². The number of benzene rings is 2. The Morgan fingerprint density at radius 3 is 2.38 bits per heavy atom. The topological polar surface area (TPSA) is 118 Å². The van der Waals surface area contributed by atoms with E-state index in [9.17, 15) is 13.5 Å².